The van der Waals surface area contributed by atoms with Crippen molar-refractivity contribution in [1.82, 2.24) is 9.97 Å². The number of benzene rings is 1. The van der Waals surface area contributed by atoms with Crippen molar-refractivity contribution in [3.63, 3.8) is 0 Å². The fourth-order valence-electron chi connectivity index (χ4n) is 1.93. The van der Waals surface area contributed by atoms with E-state index in [1.165, 1.54) is 12.1 Å². The zero-order valence-corrected chi connectivity index (χ0v) is 12.8. The Kier molecular flexibility index (Phi) is 4.86. The third-order valence-electron chi connectivity index (χ3n) is 2.88. The maximum atomic E-state index is 12.8. The van der Waals surface area contributed by atoms with Crippen LogP contribution in [0.1, 0.15) is 19.4 Å². The minimum absolute atomic E-state index is 0.0144. The van der Waals surface area contributed by atoms with E-state index < -0.39 is 22.4 Å². The Morgan fingerprint density at radius 2 is 1.88 bits per heavy atom. The van der Waals surface area contributed by atoms with Crippen LogP contribution in [0.15, 0.2) is 30.6 Å². The van der Waals surface area contributed by atoms with Gasteiger partial charge in [0.15, 0.2) is 0 Å². The highest BCUT2D eigenvalue weighted by molar-refractivity contribution is 5.74. The van der Waals surface area contributed by atoms with Gasteiger partial charge in [0.1, 0.15) is 6.33 Å². The van der Waals surface area contributed by atoms with Crippen LogP contribution in [0.5, 0.6) is 0 Å². The Labute approximate surface area is 135 Å². The molecule has 1 aromatic heterocycles. The predicted octanol–water partition coefficient (Wildman–Crippen LogP) is 3.97. The lowest BCUT2D eigenvalue weighted by Crippen LogP contribution is -2.14. The Morgan fingerprint density at radius 1 is 1.21 bits per heavy atom. The lowest BCUT2D eigenvalue weighted by Gasteiger charge is -2.13. The van der Waals surface area contributed by atoms with Gasteiger partial charge in [-0.2, -0.15) is 13.2 Å². The van der Waals surface area contributed by atoms with Gasteiger partial charge in [0.05, 0.1) is 10.5 Å². The second kappa shape index (κ2) is 6.69. The van der Waals surface area contributed by atoms with Gasteiger partial charge < -0.3 is 10.6 Å². The average molecular weight is 341 g/mol. The van der Waals surface area contributed by atoms with E-state index in [0.717, 1.165) is 18.5 Å². The summed E-state index contributed by atoms with van der Waals surface area (Å²) >= 11 is 0. The van der Waals surface area contributed by atoms with Gasteiger partial charge in [0, 0.05) is 11.7 Å². The van der Waals surface area contributed by atoms with Crippen molar-refractivity contribution in [2.45, 2.75) is 26.1 Å². The summed E-state index contributed by atoms with van der Waals surface area (Å²) in [4.78, 5) is 18.2. The Hall–Kier alpha value is -2.91. The largest absolute Gasteiger partial charge is 0.416 e. The molecular formula is C14H14F3N5O2. The molecule has 0 amide bonds. The van der Waals surface area contributed by atoms with Crippen LogP contribution in [0, 0.1) is 10.1 Å². The average Bonchev–Trinajstić information content (AvgIpc) is 2.46. The maximum absolute atomic E-state index is 12.8. The van der Waals surface area contributed by atoms with Crippen molar-refractivity contribution in [2.75, 3.05) is 10.6 Å². The van der Waals surface area contributed by atoms with Gasteiger partial charge in [0.2, 0.25) is 11.6 Å². The van der Waals surface area contributed by atoms with E-state index in [2.05, 4.69) is 20.6 Å². The van der Waals surface area contributed by atoms with Gasteiger partial charge in [0.25, 0.3) is 0 Å². The number of nitrogens with one attached hydrogen (secondary N) is 2. The number of nitro groups is 1. The molecule has 0 bridgehead atoms. The van der Waals surface area contributed by atoms with Crippen LogP contribution in [-0.2, 0) is 6.18 Å². The number of hydrogen-bond donors (Lipinski definition) is 2. The molecule has 128 valence electrons. The van der Waals surface area contributed by atoms with Gasteiger partial charge in [-0.05, 0) is 32.0 Å². The summed E-state index contributed by atoms with van der Waals surface area (Å²) in [5, 5.41) is 16.7. The molecule has 10 heteroatoms. The highest BCUT2D eigenvalue weighted by atomic mass is 19.4. The molecule has 0 aliphatic rings. The first kappa shape index (κ1) is 17.4. The SMILES string of the molecule is CC(C)Nc1ncnc(Nc2cccc(C(F)(F)F)c2)c1[N+](=O)[O-]. The second-order valence-electron chi connectivity index (χ2n) is 5.18. The van der Waals surface area contributed by atoms with E-state index in [1.807, 2.05) is 0 Å². The molecule has 0 spiro atoms. The van der Waals surface area contributed by atoms with E-state index in [4.69, 9.17) is 0 Å². The first-order chi connectivity index (χ1) is 11.2. The summed E-state index contributed by atoms with van der Waals surface area (Å²) in [6, 6.07) is 4.19. The predicted molar refractivity (Wildman–Crippen MR) is 82.2 cm³/mol. The molecule has 0 saturated carbocycles. The molecule has 0 aliphatic heterocycles. The van der Waals surface area contributed by atoms with Gasteiger partial charge in [-0.25, -0.2) is 9.97 Å². The third kappa shape index (κ3) is 4.09. The molecule has 0 radical (unpaired) electrons. The maximum Gasteiger partial charge on any atom is 0.416 e. The van der Waals surface area contributed by atoms with Crippen LogP contribution < -0.4 is 10.6 Å². The quantitative estimate of drug-likeness (QED) is 0.631. The number of rotatable bonds is 5. The van der Waals surface area contributed by atoms with E-state index in [-0.39, 0.29) is 23.4 Å². The summed E-state index contributed by atoms with van der Waals surface area (Å²) in [5.74, 6) is -0.211. The Bertz CT molecular complexity index is 749. The molecule has 7 nitrogen and oxygen atoms in total. The van der Waals surface area contributed by atoms with Gasteiger partial charge in [-0.3, -0.25) is 10.1 Å². The molecule has 2 N–H and O–H groups in total. The zero-order chi connectivity index (χ0) is 17.9. The van der Waals surface area contributed by atoms with Crippen LogP contribution in [0.25, 0.3) is 0 Å². The van der Waals surface area contributed by atoms with E-state index in [1.54, 1.807) is 13.8 Å². The van der Waals surface area contributed by atoms with Crippen LogP contribution in [0.4, 0.5) is 36.2 Å². The van der Waals surface area contributed by atoms with Gasteiger partial charge in [-0.1, -0.05) is 6.07 Å². The van der Waals surface area contributed by atoms with Crippen molar-refractivity contribution in [3.8, 4) is 0 Å². The molecule has 1 heterocycles. The number of aromatic nitrogens is 2. The summed E-state index contributed by atoms with van der Waals surface area (Å²) < 4.78 is 38.3. The highest BCUT2D eigenvalue weighted by Gasteiger charge is 2.31. The second-order valence-corrected chi connectivity index (χ2v) is 5.18. The fraction of sp³-hybridized carbons (Fsp3) is 0.286. The summed E-state index contributed by atoms with van der Waals surface area (Å²) in [6.07, 6.45) is -3.42. The normalized spacial score (nSPS) is 11.4. The summed E-state index contributed by atoms with van der Waals surface area (Å²) in [6.45, 7) is 3.54. The molecule has 0 unspecified atom stereocenters. The molecule has 0 fully saturated rings. The van der Waals surface area contributed by atoms with Gasteiger partial charge >= 0.3 is 11.9 Å². The molecule has 0 saturated heterocycles. The van der Waals surface area contributed by atoms with Crippen molar-refractivity contribution in [1.29, 1.82) is 0 Å². The molecular weight excluding hydrogens is 327 g/mol. The van der Waals surface area contributed by atoms with E-state index >= 15 is 0 Å². The van der Waals surface area contributed by atoms with E-state index in [0.29, 0.717) is 0 Å². The Balaban J connectivity index is 2.41. The minimum atomic E-state index is -4.51. The van der Waals surface area contributed by atoms with Crippen LogP contribution in [0.2, 0.25) is 0 Å². The van der Waals surface area contributed by atoms with E-state index in [9.17, 15) is 23.3 Å². The molecule has 24 heavy (non-hydrogen) atoms. The Morgan fingerprint density at radius 3 is 2.46 bits per heavy atom. The lowest BCUT2D eigenvalue weighted by atomic mass is 10.2. The number of hydrogen-bond acceptors (Lipinski definition) is 6. The first-order valence-electron chi connectivity index (χ1n) is 6.88. The standard InChI is InChI=1S/C14H14F3N5O2/c1-8(2)20-12-11(22(23)24)13(19-7-18-12)21-10-5-3-4-9(6-10)14(15,16)17/h3-8H,1-2H3,(H2,18,19,20,21). The highest BCUT2D eigenvalue weighted by Crippen LogP contribution is 2.34. The topological polar surface area (TPSA) is 93.0 Å². The van der Waals surface area contributed by atoms with Crippen LogP contribution >= 0.6 is 0 Å². The number of anilines is 3. The monoisotopic (exact) mass is 341 g/mol. The number of alkyl halides is 3. The first-order valence-corrected chi connectivity index (χ1v) is 6.88. The molecule has 1 aromatic carbocycles. The van der Waals surface area contributed by atoms with Crippen molar-refractivity contribution < 1.29 is 18.1 Å². The smallest absolute Gasteiger partial charge is 0.362 e. The van der Waals surface area contributed by atoms with Crippen LogP contribution in [0.3, 0.4) is 0 Å². The van der Waals surface area contributed by atoms with Crippen molar-refractivity contribution >= 4 is 23.0 Å². The van der Waals surface area contributed by atoms with Gasteiger partial charge in [-0.15, -0.1) is 0 Å². The van der Waals surface area contributed by atoms with Crippen molar-refractivity contribution in [2.24, 2.45) is 0 Å². The zero-order valence-electron chi connectivity index (χ0n) is 12.8. The van der Waals surface area contributed by atoms with Crippen LogP contribution in [-0.4, -0.2) is 20.9 Å². The molecule has 2 aromatic rings. The minimum Gasteiger partial charge on any atom is -0.362 e. The fourth-order valence-corrected chi connectivity index (χ4v) is 1.93. The summed E-state index contributed by atoms with van der Waals surface area (Å²) in [5.41, 5.74) is -1.28. The molecule has 0 atom stereocenters. The molecule has 0 aliphatic carbocycles. The third-order valence-corrected chi connectivity index (χ3v) is 2.88. The lowest BCUT2D eigenvalue weighted by molar-refractivity contribution is -0.383. The molecule has 2 rings (SSSR count). The number of halogens is 3. The van der Waals surface area contributed by atoms with Crippen molar-refractivity contribution in [3.05, 3.63) is 46.3 Å². The number of nitrogens with zero attached hydrogens (tertiary/aromatic N) is 3. The summed E-state index contributed by atoms with van der Waals surface area (Å²) in [7, 11) is 0.